The van der Waals surface area contributed by atoms with Gasteiger partial charge in [0.1, 0.15) is 12.3 Å². The largest absolute Gasteiger partial charge is 0.495 e. The molecule has 0 aromatic heterocycles. The van der Waals surface area contributed by atoms with E-state index in [-0.39, 0.29) is 22.4 Å². The summed E-state index contributed by atoms with van der Waals surface area (Å²) in [6, 6.07) is 20.4. The molecule has 0 aliphatic rings. The average molecular weight is 487 g/mol. The Balaban J connectivity index is 2.00. The predicted molar refractivity (Wildman–Crippen MR) is 131 cm³/mol. The number of ether oxygens (including phenoxy) is 1. The number of halogens is 1. The number of anilines is 1. The van der Waals surface area contributed by atoms with Gasteiger partial charge < -0.3 is 10.1 Å². The molecule has 0 spiro atoms. The van der Waals surface area contributed by atoms with Gasteiger partial charge in [-0.15, -0.1) is 0 Å². The molecule has 3 aromatic carbocycles. The summed E-state index contributed by atoms with van der Waals surface area (Å²) < 4.78 is 33.7. The second kappa shape index (κ2) is 10.7. The van der Waals surface area contributed by atoms with Crippen molar-refractivity contribution in [1.82, 2.24) is 5.32 Å². The van der Waals surface area contributed by atoms with Crippen LogP contribution in [-0.2, 0) is 14.8 Å². The zero-order valence-corrected chi connectivity index (χ0v) is 20.4. The normalized spacial score (nSPS) is 12.1. The molecular formula is C25H27ClN2O4S. The van der Waals surface area contributed by atoms with E-state index in [0.717, 1.165) is 15.4 Å². The third-order valence-electron chi connectivity index (χ3n) is 5.25. The Morgan fingerprint density at radius 3 is 2.33 bits per heavy atom. The molecule has 3 aromatic rings. The molecule has 0 saturated heterocycles. The van der Waals surface area contributed by atoms with Crippen LogP contribution >= 0.6 is 11.6 Å². The second-order valence-electron chi connectivity index (χ2n) is 7.58. The first-order valence-corrected chi connectivity index (χ1v) is 12.3. The Morgan fingerprint density at radius 1 is 1.06 bits per heavy atom. The number of aryl methyl sites for hydroxylation is 1. The third kappa shape index (κ3) is 5.86. The highest BCUT2D eigenvalue weighted by Gasteiger charge is 2.30. The number of benzene rings is 3. The minimum Gasteiger partial charge on any atom is -0.495 e. The fraction of sp³-hybridized carbons (Fsp3) is 0.240. The monoisotopic (exact) mass is 486 g/mol. The lowest BCUT2D eigenvalue weighted by Crippen LogP contribution is -2.42. The molecule has 0 radical (unpaired) electrons. The molecule has 1 amide bonds. The lowest BCUT2D eigenvalue weighted by molar-refractivity contribution is -0.120. The number of carbonyl (C=O) groups excluding carboxylic acids is 1. The summed E-state index contributed by atoms with van der Waals surface area (Å²) in [4.78, 5) is 13.2. The van der Waals surface area contributed by atoms with Gasteiger partial charge in [-0.2, -0.15) is 0 Å². The van der Waals surface area contributed by atoms with Gasteiger partial charge in [-0.05, 0) is 49.2 Å². The van der Waals surface area contributed by atoms with Gasteiger partial charge in [0.2, 0.25) is 5.91 Å². The number of methoxy groups -OCH3 is 1. The standard InChI is InChI=1S/C25H27ClN2O4S/c1-4-22(19-8-6-5-7-9-19)27-25(29)17-28(23-16-20(26)12-15-24(23)32-3)33(30,31)21-13-10-18(2)11-14-21/h5-16,22H,4,17H2,1-3H3,(H,27,29). The molecule has 0 fully saturated rings. The van der Waals surface area contributed by atoms with Gasteiger partial charge in [0.15, 0.2) is 0 Å². The molecular weight excluding hydrogens is 460 g/mol. The fourth-order valence-corrected chi connectivity index (χ4v) is 5.06. The van der Waals surface area contributed by atoms with Crippen LogP contribution in [0.25, 0.3) is 0 Å². The highest BCUT2D eigenvalue weighted by molar-refractivity contribution is 7.92. The summed E-state index contributed by atoms with van der Waals surface area (Å²) in [5.41, 5.74) is 2.06. The first-order valence-electron chi connectivity index (χ1n) is 10.5. The molecule has 0 heterocycles. The van der Waals surface area contributed by atoms with Crippen molar-refractivity contribution in [3.63, 3.8) is 0 Å². The lowest BCUT2D eigenvalue weighted by atomic mass is 10.0. The number of carbonyl (C=O) groups is 1. The Bertz CT molecular complexity index is 1200. The van der Waals surface area contributed by atoms with E-state index in [2.05, 4.69) is 5.32 Å². The van der Waals surface area contributed by atoms with Crippen molar-refractivity contribution in [2.45, 2.75) is 31.2 Å². The van der Waals surface area contributed by atoms with E-state index in [1.165, 1.54) is 25.3 Å². The Morgan fingerprint density at radius 2 is 1.73 bits per heavy atom. The summed E-state index contributed by atoms with van der Waals surface area (Å²) in [5, 5.41) is 3.27. The molecule has 0 bridgehead atoms. The van der Waals surface area contributed by atoms with Crippen LogP contribution in [0.5, 0.6) is 5.75 Å². The van der Waals surface area contributed by atoms with Gasteiger partial charge in [-0.3, -0.25) is 9.10 Å². The molecule has 1 N–H and O–H groups in total. The van der Waals surface area contributed by atoms with Gasteiger partial charge >= 0.3 is 0 Å². The van der Waals surface area contributed by atoms with E-state index in [9.17, 15) is 13.2 Å². The first kappa shape index (κ1) is 24.6. The van der Waals surface area contributed by atoms with Crippen molar-refractivity contribution >= 4 is 33.2 Å². The molecule has 174 valence electrons. The Hall–Kier alpha value is -3.03. The van der Waals surface area contributed by atoms with Crippen molar-refractivity contribution in [1.29, 1.82) is 0 Å². The number of hydrogen-bond acceptors (Lipinski definition) is 4. The number of sulfonamides is 1. The summed E-state index contributed by atoms with van der Waals surface area (Å²) in [6.07, 6.45) is 0.654. The van der Waals surface area contributed by atoms with Crippen molar-refractivity contribution in [3.8, 4) is 5.75 Å². The van der Waals surface area contributed by atoms with E-state index in [0.29, 0.717) is 11.4 Å². The predicted octanol–water partition coefficient (Wildman–Crippen LogP) is 5.12. The van der Waals surface area contributed by atoms with E-state index < -0.39 is 22.5 Å². The molecule has 0 aliphatic heterocycles. The molecule has 8 heteroatoms. The molecule has 0 aliphatic carbocycles. The SMILES string of the molecule is CCC(NC(=O)CN(c1cc(Cl)ccc1OC)S(=O)(=O)c1ccc(C)cc1)c1ccccc1. The van der Waals surface area contributed by atoms with Gasteiger partial charge in [0, 0.05) is 5.02 Å². The second-order valence-corrected chi connectivity index (χ2v) is 9.88. The topological polar surface area (TPSA) is 75.7 Å². The van der Waals surface area contributed by atoms with Crippen LogP contribution in [0, 0.1) is 6.92 Å². The van der Waals surface area contributed by atoms with Gasteiger partial charge in [0.25, 0.3) is 10.0 Å². The summed E-state index contributed by atoms with van der Waals surface area (Å²) in [5.74, 6) is -0.151. The number of nitrogens with one attached hydrogen (secondary N) is 1. The van der Waals surface area contributed by atoms with Crippen molar-refractivity contribution in [2.24, 2.45) is 0 Å². The highest BCUT2D eigenvalue weighted by Crippen LogP contribution is 2.35. The minimum absolute atomic E-state index is 0.0676. The Kier molecular flexibility index (Phi) is 8.00. The maximum atomic E-state index is 13.6. The lowest BCUT2D eigenvalue weighted by Gasteiger charge is -2.27. The highest BCUT2D eigenvalue weighted by atomic mass is 35.5. The summed E-state index contributed by atoms with van der Waals surface area (Å²) >= 11 is 6.18. The smallest absolute Gasteiger partial charge is 0.264 e. The molecule has 33 heavy (non-hydrogen) atoms. The van der Waals surface area contributed by atoms with Crippen molar-refractivity contribution < 1.29 is 17.9 Å². The quantitative estimate of drug-likeness (QED) is 0.455. The van der Waals surface area contributed by atoms with E-state index >= 15 is 0 Å². The van der Waals surface area contributed by atoms with Crippen LogP contribution in [0.1, 0.15) is 30.5 Å². The van der Waals surface area contributed by atoms with Crippen molar-refractivity contribution in [3.05, 3.63) is 88.9 Å². The molecule has 1 unspecified atom stereocenters. The van der Waals surface area contributed by atoms with Crippen LogP contribution in [-0.4, -0.2) is 28.0 Å². The molecule has 3 rings (SSSR count). The average Bonchev–Trinajstić information content (AvgIpc) is 2.81. The van der Waals surface area contributed by atoms with E-state index in [1.807, 2.05) is 44.2 Å². The molecule has 1 atom stereocenters. The maximum absolute atomic E-state index is 13.6. The summed E-state index contributed by atoms with van der Waals surface area (Å²) in [6.45, 7) is 3.39. The third-order valence-corrected chi connectivity index (χ3v) is 7.26. The van der Waals surface area contributed by atoms with Gasteiger partial charge in [0.05, 0.1) is 23.7 Å². The van der Waals surface area contributed by atoms with Crippen LogP contribution in [0.15, 0.2) is 77.7 Å². The fourth-order valence-electron chi connectivity index (χ4n) is 3.47. The zero-order valence-electron chi connectivity index (χ0n) is 18.8. The first-order chi connectivity index (χ1) is 15.8. The van der Waals surface area contributed by atoms with Crippen LogP contribution in [0.3, 0.4) is 0 Å². The Labute approximate surface area is 200 Å². The van der Waals surface area contributed by atoms with Crippen LogP contribution < -0.4 is 14.4 Å². The van der Waals surface area contributed by atoms with Gasteiger partial charge in [-0.25, -0.2) is 8.42 Å². The van der Waals surface area contributed by atoms with Crippen LogP contribution in [0.4, 0.5) is 5.69 Å². The minimum atomic E-state index is -4.09. The molecule has 0 saturated carbocycles. The van der Waals surface area contributed by atoms with Crippen LogP contribution in [0.2, 0.25) is 5.02 Å². The maximum Gasteiger partial charge on any atom is 0.264 e. The van der Waals surface area contributed by atoms with Gasteiger partial charge in [-0.1, -0.05) is 66.6 Å². The zero-order chi connectivity index (χ0) is 24.0. The number of nitrogens with zero attached hydrogens (tertiary/aromatic N) is 1. The molecule has 6 nitrogen and oxygen atoms in total. The van der Waals surface area contributed by atoms with E-state index in [4.69, 9.17) is 16.3 Å². The number of rotatable bonds is 9. The summed E-state index contributed by atoms with van der Waals surface area (Å²) in [7, 11) is -2.65. The number of hydrogen-bond donors (Lipinski definition) is 1. The number of amides is 1. The van der Waals surface area contributed by atoms with E-state index in [1.54, 1.807) is 24.3 Å². The van der Waals surface area contributed by atoms with Crippen molar-refractivity contribution in [2.75, 3.05) is 18.0 Å².